The summed E-state index contributed by atoms with van der Waals surface area (Å²) in [5, 5.41) is 0. The first kappa shape index (κ1) is 8.78. The second-order valence-electron chi connectivity index (χ2n) is 2.79. The maximum atomic E-state index is 10.2. The molecule has 1 aromatic rings. The third kappa shape index (κ3) is 2.38. The zero-order valence-electron chi connectivity index (χ0n) is 7.20. The second-order valence-corrected chi connectivity index (χ2v) is 2.79. The minimum Gasteiger partial charge on any atom is -0.491 e. The Bertz CT molecular complexity index is 249. The van der Waals surface area contributed by atoms with Crippen molar-refractivity contribution in [1.29, 1.82) is 0 Å². The maximum absolute atomic E-state index is 10.2. The number of carbonyl (C=O) groups excluding carboxylic acids is 1. The van der Waals surface area contributed by atoms with Crippen LogP contribution in [0, 0.1) is 0 Å². The van der Waals surface area contributed by atoms with E-state index in [0.717, 1.165) is 5.75 Å². The summed E-state index contributed by atoms with van der Waals surface area (Å²) in [4.78, 5) is 10.2. The highest BCUT2D eigenvalue weighted by atomic mass is 16.5. The van der Waals surface area contributed by atoms with Crippen LogP contribution < -0.4 is 4.74 Å². The Morgan fingerprint density at radius 1 is 1.25 bits per heavy atom. The van der Waals surface area contributed by atoms with Crippen molar-refractivity contribution in [2.24, 2.45) is 0 Å². The van der Waals surface area contributed by atoms with Crippen molar-refractivity contribution in [1.82, 2.24) is 0 Å². The standard InChI is InChI=1S/C10H11O2/c1-8(2)12-10-5-3-9(7-11)4-6-10/h3-6,8H,1-2H3. The van der Waals surface area contributed by atoms with Crippen molar-refractivity contribution >= 4 is 6.29 Å². The molecule has 1 rings (SSSR count). The molecule has 0 aliphatic heterocycles. The molecule has 1 aromatic carbocycles. The van der Waals surface area contributed by atoms with E-state index in [4.69, 9.17) is 4.74 Å². The van der Waals surface area contributed by atoms with Crippen LogP contribution in [-0.2, 0) is 4.79 Å². The summed E-state index contributed by atoms with van der Waals surface area (Å²) in [6, 6.07) is 6.90. The van der Waals surface area contributed by atoms with E-state index in [1.165, 1.54) is 0 Å². The molecule has 1 radical (unpaired) electrons. The predicted octanol–water partition coefficient (Wildman–Crippen LogP) is 1.93. The third-order valence-corrected chi connectivity index (χ3v) is 1.34. The number of benzene rings is 1. The summed E-state index contributed by atoms with van der Waals surface area (Å²) in [6.07, 6.45) is 1.96. The van der Waals surface area contributed by atoms with Gasteiger partial charge in [0.1, 0.15) is 5.75 Å². The van der Waals surface area contributed by atoms with Gasteiger partial charge >= 0.3 is 0 Å². The van der Waals surface area contributed by atoms with Gasteiger partial charge in [-0.15, -0.1) is 0 Å². The van der Waals surface area contributed by atoms with Gasteiger partial charge in [0.15, 0.2) is 0 Å². The van der Waals surface area contributed by atoms with Crippen LogP contribution >= 0.6 is 0 Å². The van der Waals surface area contributed by atoms with Gasteiger partial charge in [0.25, 0.3) is 0 Å². The lowest BCUT2D eigenvalue weighted by Crippen LogP contribution is -2.05. The van der Waals surface area contributed by atoms with Crippen molar-refractivity contribution in [3.8, 4) is 5.75 Å². The molecule has 0 unspecified atom stereocenters. The highest BCUT2D eigenvalue weighted by Gasteiger charge is 1.96. The lowest BCUT2D eigenvalue weighted by atomic mass is 10.2. The van der Waals surface area contributed by atoms with E-state index in [1.54, 1.807) is 30.6 Å². The smallest absolute Gasteiger partial charge is 0.233 e. The molecular weight excluding hydrogens is 152 g/mol. The highest BCUT2D eigenvalue weighted by Crippen LogP contribution is 2.12. The number of rotatable bonds is 3. The molecule has 0 amide bonds. The zero-order valence-corrected chi connectivity index (χ0v) is 7.20. The van der Waals surface area contributed by atoms with Crippen LogP contribution in [0.3, 0.4) is 0 Å². The molecule has 0 heterocycles. The Labute approximate surface area is 72.2 Å². The fourth-order valence-corrected chi connectivity index (χ4v) is 0.874. The molecule has 63 valence electrons. The molecule has 2 heteroatoms. The minimum absolute atomic E-state index is 0.163. The molecule has 0 aliphatic rings. The first-order valence-electron chi connectivity index (χ1n) is 3.87. The average Bonchev–Trinajstić information content (AvgIpc) is 2.05. The quantitative estimate of drug-likeness (QED) is 0.680. The summed E-state index contributed by atoms with van der Waals surface area (Å²) in [6.45, 7) is 3.92. The maximum Gasteiger partial charge on any atom is 0.233 e. The highest BCUT2D eigenvalue weighted by molar-refractivity contribution is 5.75. The molecule has 0 spiro atoms. The molecule has 0 saturated carbocycles. The minimum atomic E-state index is 0.163. The molecule has 2 nitrogen and oxygen atoms in total. The second kappa shape index (κ2) is 3.90. The molecule has 0 aliphatic carbocycles. The topological polar surface area (TPSA) is 26.3 Å². The lowest BCUT2D eigenvalue weighted by molar-refractivity contribution is 0.242. The Morgan fingerprint density at radius 2 is 1.83 bits per heavy atom. The summed E-state index contributed by atoms with van der Waals surface area (Å²) >= 11 is 0. The van der Waals surface area contributed by atoms with E-state index in [1.807, 2.05) is 13.8 Å². The van der Waals surface area contributed by atoms with Crippen molar-refractivity contribution in [2.75, 3.05) is 0 Å². The van der Waals surface area contributed by atoms with Gasteiger partial charge in [0.05, 0.1) is 6.10 Å². The van der Waals surface area contributed by atoms with E-state index < -0.39 is 0 Å². The predicted molar refractivity (Wildman–Crippen MR) is 47.0 cm³/mol. The number of hydrogen-bond donors (Lipinski definition) is 0. The fourth-order valence-electron chi connectivity index (χ4n) is 0.874. The summed E-state index contributed by atoms with van der Waals surface area (Å²) in [5.41, 5.74) is 0.547. The molecule has 0 bridgehead atoms. The van der Waals surface area contributed by atoms with E-state index in [-0.39, 0.29) is 6.10 Å². The Balaban J connectivity index is 2.71. The van der Waals surface area contributed by atoms with Gasteiger partial charge in [0, 0.05) is 5.56 Å². The SMILES string of the molecule is CC(C)Oc1ccc([C]=O)cc1. The van der Waals surface area contributed by atoms with Crippen LogP contribution in [-0.4, -0.2) is 12.4 Å². The molecule has 0 fully saturated rings. The Kier molecular flexibility index (Phi) is 2.86. The van der Waals surface area contributed by atoms with E-state index >= 15 is 0 Å². The number of ether oxygens (including phenoxy) is 1. The average molecular weight is 163 g/mol. The monoisotopic (exact) mass is 163 g/mol. The van der Waals surface area contributed by atoms with Gasteiger partial charge in [-0.1, -0.05) is 0 Å². The van der Waals surface area contributed by atoms with Crippen molar-refractivity contribution < 1.29 is 9.53 Å². The fraction of sp³-hybridized carbons (Fsp3) is 0.300. The van der Waals surface area contributed by atoms with Gasteiger partial charge in [0.2, 0.25) is 6.29 Å². The first-order chi connectivity index (χ1) is 5.72. The largest absolute Gasteiger partial charge is 0.491 e. The van der Waals surface area contributed by atoms with Crippen LogP contribution in [0.2, 0.25) is 0 Å². The van der Waals surface area contributed by atoms with E-state index in [0.29, 0.717) is 5.56 Å². The van der Waals surface area contributed by atoms with Crippen LogP contribution in [0.25, 0.3) is 0 Å². The summed E-state index contributed by atoms with van der Waals surface area (Å²) in [5.74, 6) is 0.781. The van der Waals surface area contributed by atoms with Crippen molar-refractivity contribution in [3.05, 3.63) is 29.8 Å². The third-order valence-electron chi connectivity index (χ3n) is 1.34. The molecule has 0 atom stereocenters. The Morgan fingerprint density at radius 3 is 2.25 bits per heavy atom. The van der Waals surface area contributed by atoms with Crippen LogP contribution in [0.5, 0.6) is 5.75 Å². The van der Waals surface area contributed by atoms with E-state index in [9.17, 15) is 4.79 Å². The summed E-state index contributed by atoms with van der Waals surface area (Å²) in [7, 11) is 0. The molecule has 0 N–H and O–H groups in total. The molecule has 0 aromatic heterocycles. The molecule has 12 heavy (non-hydrogen) atoms. The van der Waals surface area contributed by atoms with Gasteiger partial charge in [-0.3, -0.25) is 4.79 Å². The zero-order chi connectivity index (χ0) is 8.97. The molecular formula is C10H11O2. The Hall–Kier alpha value is -1.31. The van der Waals surface area contributed by atoms with Gasteiger partial charge in [-0.2, -0.15) is 0 Å². The van der Waals surface area contributed by atoms with Gasteiger partial charge in [-0.05, 0) is 38.1 Å². The first-order valence-corrected chi connectivity index (χ1v) is 3.87. The van der Waals surface area contributed by atoms with Crippen molar-refractivity contribution in [3.63, 3.8) is 0 Å². The van der Waals surface area contributed by atoms with Gasteiger partial charge < -0.3 is 4.74 Å². The van der Waals surface area contributed by atoms with Crippen LogP contribution in [0.4, 0.5) is 0 Å². The normalized spacial score (nSPS) is 9.92. The van der Waals surface area contributed by atoms with E-state index in [2.05, 4.69) is 0 Å². The number of hydrogen-bond acceptors (Lipinski definition) is 2. The lowest BCUT2D eigenvalue weighted by Gasteiger charge is -2.08. The molecule has 0 saturated heterocycles. The summed E-state index contributed by atoms with van der Waals surface area (Å²) < 4.78 is 5.38. The van der Waals surface area contributed by atoms with Crippen LogP contribution in [0.1, 0.15) is 19.4 Å². The van der Waals surface area contributed by atoms with Crippen LogP contribution in [0.15, 0.2) is 24.3 Å². The van der Waals surface area contributed by atoms with Gasteiger partial charge in [-0.25, -0.2) is 0 Å². The van der Waals surface area contributed by atoms with Crippen molar-refractivity contribution in [2.45, 2.75) is 20.0 Å².